The molecule has 0 saturated heterocycles. The van der Waals surface area contributed by atoms with Crippen LogP contribution < -0.4 is 4.74 Å². The van der Waals surface area contributed by atoms with Gasteiger partial charge in [-0.2, -0.15) is 0 Å². The van der Waals surface area contributed by atoms with E-state index in [0.717, 1.165) is 28.6 Å². The molecule has 0 spiro atoms. The number of Topliss-reactive ketones (excluding diaryl/α,β-unsaturated/α-hetero) is 1. The van der Waals surface area contributed by atoms with Gasteiger partial charge in [-0.1, -0.05) is 22.9 Å². The maximum Gasteiger partial charge on any atom is 0.143 e. The minimum Gasteiger partial charge on any atom is -0.496 e. The first kappa shape index (κ1) is 11.6. The maximum absolute atomic E-state index is 12.0. The van der Waals surface area contributed by atoms with Gasteiger partial charge in [0.15, 0.2) is 0 Å². The Morgan fingerprint density at radius 3 is 2.75 bits per heavy atom. The number of methoxy groups -OCH3 is 1. The van der Waals surface area contributed by atoms with E-state index in [9.17, 15) is 4.79 Å². The second-order valence-corrected chi connectivity index (χ2v) is 5.53. The van der Waals surface area contributed by atoms with Gasteiger partial charge in [0.05, 0.1) is 7.11 Å². The molecule has 0 aromatic heterocycles. The van der Waals surface area contributed by atoms with Gasteiger partial charge in [0.1, 0.15) is 11.5 Å². The molecule has 0 atom stereocenters. The van der Waals surface area contributed by atoms with E-state index in [1.807, 2.05) is 25.1 Å². The van der Waals surface area contributed by atoms with E-state index in [0.29, 0.717) is 12.2 Å². The summed E-state index contributed by atoms with van der Waals surface area (Å²) in [6, 6.07) is 5.77. The van der Waals surface area contributed by atoms with Crippen LogP contribution in [0.15, 0.2) is 22.7 Å². The van der Waals surface area contributed by atoms with Gasteiger partial charge in [-0.3, -0.25) is 4.79 Å². The van der Waals surface area contributed by atoms with Crippen LogP contribution in [0.4, 0.5) is 0 Å². The molecule has 1 aromatic rings. The van der Waals surface area contributed by atoms with Gasteiger partial charge in [0.2, 0.25) is 0 Å². The third-order valence-electron chi connectivity index (χ3n) is 3.27. The fraction of sp³-hybridized carbons (Fsp3) is 0.462. The van der Waals surface area contributed by atoms with Gasteiger partial charge in [0.25, 0.3) is 0 Å². The van der Waals surface area contributed by atoms with Crippen molar-refractivity contribution in [3.05, 3.63) is 28.2 Å². The Labute approximate surface area is 104 Å². The molecule has 0 aliphatic heterocycles. The van der Waals surface area contributed by atoms with Crippen LogP contribution >= 0.6 is 15.9 Å². The highest BCUT2D eigenvalue weighted by Crippen LogP contribution is 2.46. The summed E-state index contributed by atoms with van der Waals surface area (Å²) < 4.78 is 6.24. The van der Waals surface area contributed by atoms with E-state index >= 15 is 0 Å². The zero-order chi connectivity index (χ0) is 11.8. The minimum absolute atomic E-state index is 0.0622. The minimum atomic E-state index is -0.0622. The van der Waals surface area contributed by atoms with E-state index in [1.165, 1.54) is 0 Å². The smallest absolute Gasteiger partial charge is 0.143 e. The average Bonchev–Trinajstić information content (AvgIpc) is 2.98. The Bertz CT molecular complexity index is 422. The van der Waals surface area contributed by atoms with Gasteiger partial charge >= 0.3 is 0 Å². The molecule has 1 saturated carbocycles. The number of benzene rings is 1. The normalized spacial score (nSPS) is 16.9. The van der Waals surface area contributed by atoms with Crippen LogP contribution in [0.3, 0.4) is 0 Å². The topological polar surface area (TPSA) is 26.3 Å². The Kier molecular flexibility index (Phi) is 3.06. The van der Waals surface area contributed by atoms with Crippen molar-refractivity contribution >= 4 is 21.7 Å². The summed E-state index contributed by atoms with van der Waals surface area (Å²) in [6.07, 6.45) is 2.53. The lowest BCUT2D eigenvalue weighted by molar-refractivity contribution is -0.122. The number of ketones is 1. The van der Waals surface area contributed by atoms with Crippen LogP contribution in [-0.2, 0) is 11.2 Å². The molecular weight excluding hydrogens is 268 g/mol. The Hall–Kier alpha value is -0.830. The molecule has 0 unspecified atom stereocenters. The summed E-state index contributed by atoms with van der Waals surface area (Å²) >= 11 is 3.41. The molecule has 86 valence electrons. The van der Waals surface area contributed by atoms with Crippen LogP contribution in [0.2, 0.25) is 0 Å². The monoisotopic (exact) mass is 282 g/mol. The molecule has 0 amide bonds. The zero-order valence-electron chi connectivity index (χ0n) is 9.55. The molecule has 3 heteroatoms. The van der Waals surface area contributed by atoms with Gasteiger partial charge in [-0.15, -0.1) is 0 Å². The molecule has 1 aliphatic carbocycles. The highest BCUT2D eigenvalue weighted by Gasteiger charge is 2.44. The predicted molar refractivity (Wildman–Crippen MR) is 66.7 cm³/mol. The Morgan fingerprint density at radius 1 is 1.50 bits per heavy atom. The molecule has 0 radical (unpaired) electrons. The summed E-state index contributed by atoms with van der Waals surface area (Å²) in [7, 11) is 1.63. The number of carbonyl (C=O) groups excluding carboxylic acids is 1. The highest BCUT2D eigenvalue weighted by molar-refractivity contribution is 9.10. The molecule has 0 heterocycles. The van der Waals surface area contributed by atoms with E-state index in [1.54, 1.807) is 7.11 Å². The average molecular weight is 283 g/mol. The van der Waals surface area contributed by atoms with Crippen LogP contribution in [-0.4, -0.2) is 12.9 Å². The van der Waals surface area contributed by atoms with Crippen LogP contribution in [0.5, 0.6) is 5.75 Å². The number of hydrogen-bond donors (Lipinski definition) is 0. The molecule has 2 rings (SSSR count). The lowest BCUT2D eigenvalue weighted by Crippen LogP contribution is -2.14. The fourth-order valence-corrected chi connectivity index (χ4v) is 2.15. The second kappa shape index (κ2) is 4.21. The summed E-state index contributed by atoms with van der Waals surface area (Å²) in [5.74, 6) is 1.12. The number of hydrogen-bond acceptors (Lipinski definition) is 2. The zero-order valence-corrected chi connectivity index (χ0v) is 11.1. The number of halogens is 1. The van der Waals surface area contributed by atoms with Crippen molar-refractivity contribution in [1.82, 2.24) is 0 Å². The Balaban J connectivity index is 2.19. The largest absolute Gasteiger partial charge is 0.496 e. The molecule has 2 nitrogen and oxygen atoms in total. The first-order valence-corrected chi connectivity index (χ1v) is 6.20. The maximum atomic E-state index is 12.0. The lowest BCUT2D eigenvalue weighted by Gasteiger charge is -2.11. The van der Waals surface area contributed by atoms with Crippen LogP contribution in [0.25, 0.3) is 0 Å². The summed E-state index contributed by atoms with van der Waals surface area (Å²) in [4.78, 5) is 12.0. The standard InChI is InChI=1S/C13H15BrO2/c1-13(5-6-13)12(15)8-9-7-10(14)3-4-11(9)16-2/h3-4,7H,5-6,8H2,1-2H3. The van der Waals surface area contributed by atoms with Crippen molar-refractivity contribution in [2.45, 2.75) is 26.2 Å². The first-order valence-electron chi connectivity index (χ1n) is 5.41. The number of ether oxygens (including phenoxy) is 1. The van der Waals surface area contributed by atoms with E-state index in [-0.39, 0.29) is 5.41 Å². The molecule has 1 fully saturated rings. The summed E-state index contributed by atoms with van der Waals surface area (Å²) in [6.45, 7) is 2.04. The van der Waals surface area contributed by atoms with Crippen molar-refractivity contribution in [2.75, 3.05) is 7.11 Å². The first-order chi connectivity index (χ1) is 7.55. The van der Waals surface area contributed by atoms with Gasteiger partial charge in [-0.05, 0) is 31.0 Å². The van der Waals surface area contributed by atoms with Crippen LogP contribution in [0.1, 0.15) is 25.3 Å². The molecule has 1 aliphatic rings. The van der Waals surface area contributed by atoms with Crippen molar-refractivity contribution < 1.29 is 9.53 Å². The number of rotatable bonds is 4. The SMILES string of the molecule is COc1ccc(Br)cc1CC(=O)C1(C)CC1. The fourth-order valence-electron chi connectivity index (χ4n) is 1.74. The number of carbonyl (C=O) groups is 1. The lowest BCUT2D eigenvalue weighted by atomic mass is 9.97. The summed E-state index contributed by atoms with van der Waals surface area (Å²) in [5, 5.41) is 0. The van der Waals surface area contributed by atoms with Crippen LogP contribution in [0, 0.1) is 5.41 Å². The third kappa shape index (κ3) is 2.29. The van der Waals surface area contributed by atoms with Gasteiger partial charge in [0, 0.05) is 21.9 Å². The quantitative estimate of drug-likeness (QED) is 0.846. The summed E-state index contributed by atoms with van der Waals surface area (Å²) in [5.41, 5.74) is 0.905. The second-order valence-electron chi connectivity index (χ2n) is 4.62. The van der Waals surface area contributed by atoms with Gasteiger partial charge < -0.3 is 4.74 Å². The molecule has 0 bridgehead atoms. The highest BCUT2D eigenvalue weighted by atomic mass is 79.9. The molecule has 16 heavy (non-hydrogen) atoms. The van der Waals surface area contributed by atoms with Gasteiger partial charge in [-0.25, -0.2) is 0 Å². The van der Waals surface area contributed by atoms with Crippen molar-refractivity contribution in [2.24, 2.45) is 5.41 Å². The molecule has 1 aromatic carbocycles. The van der Waals surface area contributed by atoms with Crippen molar-refractivity contribution in [3.63, 3.8) is 0 Å². The predicted octanol–water partition coefficient (Wildman–Crippen LogP) is 3.37. The van der Waals surface area contributed by atoms with E-state index in [4.69, 9.17) is 4.74 Å². The molecular formula is C13H15BrO2. The Morgan fingerprint density at radius 2 is 2.19 bits per heavy atom. The van der Waals surface area contributed by atoms with E-state index in [2.05, 4.69) is 15.9 Å². The molecule has 0 N–H and O–H groups in total. The van der Waals surface area contributed by atoms with Crippen molar-refractivity contribution in [3.8, 4) is 5.75 Å². The van der Waals surface area contributed by atoms with Crippen molar-refractivity contribution in [1.29, 1.82) is 0 Å². The van der Waals surface area contributed by atoms with E-state index < -0.39 is 0 Å². The third-order valence-corrected chi connectivity index (χ3v) is 3.76.